The number of nitrogens with one attached hydrogen (secondary N) is 2. The van der Waals surface area contributed by atoms with Crippen molar-refractivity contribution in [2.45, 2.75) is 19.8 Å². The van der Waals surface area contributed by atoms with Gasteiger partial charge in [-0.15, -0.1) is 0 Å². The Morgan fingerprint density at radius 2 is 1.90 bits per heavy atom. The van der Waals surface area contributed by atoms with Gasteiger partial charge in [-0.3, -0.25) is 9.59 Å². The number of amides is 2. The van der Waals surface area contributed by atoms with Crippen LogP contribution in [-0.4, -0.2) is 31.4 Å². The first-order chi connectivity index (χ1) is 10.0. The monoisotopic (exact) mass is 311 g/mol. The maximum Gasteiger partial charge on any atom is 0.251 e. The lowest BCUT2D eigenvalue weighted by Gasteiger charge is -2.10. The lowest BCUT2D eigenvalue weighted by Crippen LogP contribution is -2.32. The molecule has 0 aliphatic carbocycles. The number of nitrogens with two attached hydrogens (primary N) is 1. The number of halogens is 1. The minimum absolute atomic E-state index is 0.0176. The molecule has 0 aromatic heterocycles. The number of benzene rings is 1. The lowest BCUT2D eigenvalue weighted by atomic mass is 10.2. The van der Waals surface area contributed by atoms with E-state index >= 15 is 0 Å². The molecule has 4 N–H and O–H groups in total. The first kappa shape index (κ1) is 17.5. The van der Waals surface area contributed by atoms with E-state index in [2.05, 4.69) is 10.6 Å². The molecular formula is C15H22ClN3O2. The Balaban J connectivity index is 2.17. The van der Waals surface area contributed by atoms with Crippen LogP contribution in [0.4, 0.5) is 0 Å². The fraction of sp³-hybridized carbons (Fsp3) is 0.467. The van der Waals surface area contributed by atoms with Crippen LogP contribution in [0.5, 0.6) is 0 Å². The Labute approximate surface area is 130 Å². The SMILES string of the molecule is CC(CN)CNC(=O)CCCNC(=O)c1ccc(Cl)cc1. The van der Waals surface area contributed by atoms with E-state index in [-0.39, 0.29) is 17.7 Å². The van der Waals surface area contributed by atoms with Crippen molar-refractivity contribution in [3.8, 4) is 0 Å². The van der Waals surface area contributed by atoms with Gasteiger partial charge in [0.05, 0.1) is 0 Å². The molecule has 1 atom stereocenters. The molecule has 2 amide bonds. The van der Waals surface area contributed by atoms with Gasteiger partial charge in [0, 0.05) is 30.1 Å². The van der Waals surface area contributed by atoms with Gasteiger partial charge in [0.2, 0.25) is 5.91 Å². The lowest BCUT2D eigenvalue weighted by molar-refractivity contribution is -0.121. The highest BCUT2D eigenvalue weighted by molar-refractivity contribution is 6.30. The summed E-state index contributed by atoms with van der Waals surface area (Å²) in [6.45, 7) is 3.58. The molecular weight excluding hydrogens is 290 g/mol. The molecule has 0 fully saturated rings. The predicted molar refractivity (Wildman–Crippen MR) is 84.2 cm³/mol. The molecule has 0 aliphatic heterocycles. The van der Waals surface area contributed by atoms with Gasteiger partial charge in [-0.2, -0.15) is 0 Å². The number of carbonyl (C=O) groups excluding carboxylic acids is 2. The number of hydrogen-bond acceptors (Lipinski definition) is 3. The van der Waals surface area contributed by atoms with Gasteiger partial charge in [0.25, 0.3) is 5.91 Å². The van der Waals surface area contributed by atoms with Crippen LogP contribution in [0.25, 0.3) is 0 Å². The van der Waals surface area contributed by atoms with E-state index in [1.165, 1.54) is 0 Å². The van der Waals surface area contributed by atoms with Gasteiger partial charge in [-0.05, 0) is 43.1 Å². The molecule has 1 unspecified atom stereocenters. The molecule has 0 spiro atoms. The molecule has 6 heteroatoms. The summed E-state index contributed by atoms with van der Waals surface area (Å²) in [4.78, 5) is 23.3. The number of carbonyl (C=O) groups is 2. The van der Waals surface area contributed by atoms with Crippen LogP contribution >= 0.6 is 11.6 Å². The molecule has 1 aromatic rings. The first-order valence-corrected chi connectivity index (χ1v) is 7.41. The van der Waals surface area contributed by atoms with E-state index < -0.39 is 0 Å². The second kappa shape index (κ2) is 9.37. The minimum atomic E-state index is -0.163. The summed E-state index contributed by atoms with van der Waals surface area (Å²) in [7, 11) is 0. The van der Waals surface area contributed by atoms with Gasteiger partial charge in [0.15, 0.2) is 0 Å². The van der Waals surface area contributed by atoms with E-state index in [1.807, 2.05) is 6.92 Å². The molecule has 1 rings (SSSR count). The van der Waals surface area contributed by atoms with E-state index in [9.17, 15) is 9.59 Å². The van der Waals surface area contributed by atoms with Crippen molar-refractivity contribution in [2.75, 3.05) is 19.6 Å². The van der Waals surface area contributed by atoms with Crippen LogP contribution in [0.2, 0.25) is 5.02 Å². The van der Waals surface area contributed by atoms with Crippen molar-refractivity contribution in [1.82, 2.24) is 10.6 Å². The number of rotatable bonds is 8. The summed E-state index contributed by atoms with van der Waals surface area (Å²) in [5.41, 5.74) is 6.03. The van der Waals surface area contributed by atoms with Crippen molar-refractivity contribution >= 4 is 23.4 Å². The van der Waals surface area contributed by atoms with Crippen molar-refractivity contribution in [2.24, 2.45) is 11.7 Å². The molecule has 5 nitrogen and oxygen atoms in total. The quantitative estimate of drug-likeness (QED) is 0.637. The number of hydrogen-bond donors (Lipinski definition) is 3. The van der Waals surface area contributed by atoms with Gasteiger partial charge in [-0.1, -0.05) is 18.5 Å². The molecule has 0 bridgehead atoms. The van der Waals surface area contributed by atoms with Crippen molar-refractivity contribution in [3.63, 3.8) is 0 Å². The summed E-state index contributed by atoms with van der Waals surface area (Å²) in [6, 6.07) is 6.67. The second-order valence-corrected chi connectivity index (χ2v) is 5.45. The predicted octanol–water partition coefficient (Wildman–Crippen LogP) is 1.56. The first-order valence-electron chi connectivity index (χ1n) is 7.03. The summed E-state index contributed by atoms with van der Waals surface area (Å²) in [5.74, 6) is 0.0958. The minimum Gasteiger partial charge on any atom is -0.356 e. The Hall–Kier alpha value is -1.59. The molecule has 116 valence electrons. The van der Waals surface area contributed by atoms with E-state index in [1.54, 1.807) is 24.3 Å². The van der Waals surface area contributed by atoms with Crippen LogP contribution in [0.3, 0.4) is 0 Å². The van der Waals surface area contributed by atoms with E-state index in [0.29, 0.717) is 43.1 Å². The third-order valence-corrected chi connectivity index (χ3v) is 3.27. The molecule has 0 aliphatic rings. The third kappa shape index (κ3) is 7.11. The Morgan fingerprint density at radius 1 is 1.24 bits per heavy atom. The molecule has 0 heterocycles. The van der Waals surface area contributed by atoms with Gasteiger partial charge >= 0.3 is 0 Å². The van der Waals surface area contributed by atoms with Crippen LogP contribution in [0, 0.1) is 5.92 Å². The van der Waals surface area contributed by atoms with Gasteiger partial charge in [-0.25, -0.2) is 0 Å². The van der Waals surface area contributed by atoms with Gasteiger partial charge < -0.3 is 16.4 Å². The summed E-state index contributed by atoms with van der Waals surface area (Å²) >= 11 is 5.76. The Morgan fingerprint density at radius 3 is 2.52 bits per heavy atom. The Bertz CT molecular complexity index is 462. The maximum absolute atomic E-state index is 11.8. The zero-order valence-corrected chi connectivity index (χ0v) is 13.0. The summed E-state index contributed by atoms with van der Waals surface area (Å²) in [6.07, 6.45) is 0.986. The molecule has 21 heavy (non-hydrogen) atoms. The summed E-state index contributed by atoms with van der Waals surface area (Å²) in [5, 5.41) is 6.17. The topological polar surface area (TPSA) is 84.2 Å². The Kier molecular flexibility index (Phi) is 7.79. The van der Waals surface area contributed by atoms with Crippen molar-refractivity contribution < 1.29 is 9.59 Å². The zero-order chi connectivity index (χ0) is 15.7. The largest absolute Gasteiger partial charge is 0.356 e. The third-order valence-electron chi connectivity index (χ3n) is 3.02. The highest BCUT2D eigenvalue weighted by Crippen LogP contribution is 2.09. The van der Waals surface area contributed by atoms with Crippen LogP contribution in [0.1, 0.15) is 30.1 Å². The highest BCUT2D eigenvalue weighted by Gasteiger charge is 2.06. The van der Waals surface area contributed by atoms with E-state index in [0.717, 1.165) is 0 Å². The van der Waals surface area contributed by atoms with Crippen LogP contribution < -0.4 is 16.4 Å². The zero-order valence-electron chi connectivity index (χ0n) is 12.2. The van der Waals surface area contributed by atoms with Crippen LogP contribution in [-0.2, 0) is 4.79 Å². The smallest absolute Gasteiger partial charge is 0.251 e. The molecule has 0 radical (unpaired) electrons. The average Bonchev–Trinajstić information content (AvgIpc) is 2.49. The maximum atomic E-state index is 11.8. The van der Waals surface area contributed by atoms with Gasteiger partial charge in [0.1, 0.15) is 0 Å². The average molecular weight is 312 g/mol. The highest BCUT2D eigenvalue weighted by atomic mass is 35.5. The molecule has 0 saturated heterocycles. The molecule has 1 aromatic carbocycles. The standard InChI is InChI=1S/C15H22ClN3O2/c1-11(9-17)10-19-14(20)3-2-8-18-15(21)12-4-6-13(16)7-5-12/h4-7,11H,2-3,8-10,17H2,1H3,(H,18,21)(H,19,20). The van der Waals surface area contributed by atoms with Crippen molar-refractivity contribution in [3.05, 3.63) is 34.9 Å². The fourth-order valence-corrected chi connectivity index (χ4v) is 1.74. The fourth-order valence-electron chi connectivity index (χ4n) is 1.61. The van der Waals surface area contributed by atoms with Crippen molar-refractivity contribution in [1.29, 1.82) is 0 Å². The van der Waals surface area contributed by atoms with Crippen LogP contribution in [0.15, 0.2) is 24.3 Å². The van der Waals surface area contributed by atoms with E-state index in [4.69, 9.17) is 17.3 Å². The summed E-state index contributed by atoms with van der Waals surface area (Å²) < 4.78 is 0. The normalized spacial score (nSPS) is 11.8. The second-order valence-electron chi connectivity index (χ2n) is 5.01. The molecule has 0 saturated carbocycles.